The third-order valence-electron chi connectivity index (χ3n) is 4.43. The predicted molar refractivity (Wildman–Crippen MR) is 107 cm³/mol. The second kappa shape index (κ2) is 8.77. The molecule has 1 atom stereocenters. The highest BCUT2D eigenvalue weighted by Gasteiger charge is 2.18. The Hall–Kier alpha value is -2.46. The number of nitrogens with zero attached hydrogens (tertiary/aromatic N) is 1. The van der Waals surface area contributed by atoms with Gasteiger partial charge in [-0.2, -0.15) is 0 Å². The molecule has 0 aliphatic rings. The monoisotopic (exact) mass is 364 g/mol. The Labute approximate surface area is 159 Å². The van der Waals surface area contributed by atoms with E-state index in [1.807, 2.05) is 29.8 Å². The number of nitrogens with one attached hydrogen (secondary N) is 1. The van der Waals surface area contributed by atoms with Crippen molar-refractivity contribution in [2.75, 3.05) is 0 Å². The van der Waals surface area contributed by atoms with E-state index in [0.717, 1.165) is 16.0 Å². The summed E-state index contributed by atoms with van der Waals surface area (Å²) < 4.78 is 0. The molecule has 2 heterocycles. The van der Waals surface area contributed by atoms with Crippen LogP contribution in [0.25, 0.3) is 0 Å². The molecule has 0 saturated carbocycles. The lowest BCUT2D eigenvalue weighted by molar-refractivity contribution is -0.121. The number of pyridine rings is 1. The van der Waals surface area contributed by atoms with Gasteiger partial charge in [-0.3, -0.25) is 9.78 Å². The first-order valence-electron chi connectivity index (χ1n) is 8.95. The van der Waals surface area contributed by atoms with Gasteiger partial charge >= 0.3 is 0 Å². The highest BCUT2D eigenvalue weighted by atomic mass is 32.1. The van der Waals surface area contributed by atoms with E-state index >= 15 is 0 Å². The Balaban J connectivity index is 1.71. The fourth-order valence-corrected chi connectivity index (χ4v) is 3.69. The van der Waals surface area contributed by atoms with Crippen LogP contribution in [0.1, 0.15) is 53.8 Å². The molecule has 0 radical (unpaired) electrons. The van der Waals surface area contributed by atoms with Gasteiger partial charge in [0, 0.05) is 23.7 Å². The number of hydrogen-bond donors (Lipinski definition) is 1. The van der Waals surface area contributed by atoms with Gasteiger partial charge in [0.2, 0.25) is 5.91 Å². The maximum absolute atomic E-state index is 12.5. The normalized spacial score (nSPS) is 12.1. The number of hydrogen-bond acceptors (Lipinski definition) is 3. The van der Waals surface area contributed by atoms with Crippen LogP contribution in [0.15, 0.2) is 66.3 Å². The van der Waals surface area contributed by atoms with Gasteiger partial charge in [-0.05, 0) is 46.5 Å². The largest absolute Gasteiger partial charge is 0.344 e. The molecule has 0 saturated heterocycles. The molecule has 0 aliphatic carbocycles. The van der Waals surface area contributed by atoms with Crippen molar-refractivity contribution in [2.45, 2.75) is 38.6 Å². The first-order valence-corrected chi connectivity index (χ1v) is 9.83. The fourth-order valence-electron chi connectivity index (χ4n) is 2.88. The van der Waals surface area contributed by atoms with Crippen molar-refractivity contribution in [1.29, 1.82) is 0 Å². The zero-order valence-corrected chi connectivity index (χ0v) is 16.0. The maximum Gasteiger partial charge on any atom is 0.221 e. The summed E-state index contributed by atoms with van der Waals surface area (Å²) in [4.78, 5) is 17.8. The van der Waals surface area contributed by atoms with Crippen LogP contribution in [0, 0.1) is 0 Å². The molecule has 26 heavy (non-hydrogen) atoms. The standard InChI is InChI=1S/C22H24N2OS/c1-16(2)18-8-10-19(11-9-18)22(20-6-4-14-26-20)24-21(25)12-7-17-5-3-13-23-15-17/h3-6,8-11,13-16,22H,7,12H2,1-2H3,(H,24,25). The number of carbonyl (C=O) groups excluding carboxylic acids is 1. The fraction of sp³-hybridized carbons (Fsp3) is 0.273. The average molecular weight is 365 g/mol. The smallest absolute Gasteiger partial charge is 0.221 e. The van der Waals surface area contributed by atoms with E-state index < -0.39 is 0 Å². The molecule has 1 N–H and O–H groups in total. The SMILES string of the molecule is CC(C)c1ccc(C(NC(=O)CCc2cccnc2)c2cccs2)cc1. The van der Waals surface area contributed by atoms with Crippen LogP contribution in [-0.2, 0) is 11.2 Å². The molecule has 0 bridgehead atoms. The molecule has 0 fully saturated rings. The van der Waals surface area contributed by atoms with E-state index in [-0.39, 0.29) is 11.9 Å². The molecule has 1 amide bonds. The predicted octanol–water partition coefficient (Wildman–Crippen LogP) is 5.10. The maximum atomic E-state index is 12.5. The molecule has 3 aromatic rings. The summed E-state index contributed by atoms with van der Waals surface area (Å²) in [5, 5.41) is 5.25. The Kier molecular flexibility index (Phi) is 6.18. The molecule has 2 aromatic heterocycles. The quantitative estimate of drug-likeness (QED) is 0.633. The summed E-state index contributed by atoms with van der Waals surface area (Å²) >= 11 is 1.67. The van der Waals surface area contributed by atoms with Gasteiger partial charge in [-0.25, -0.2) is 0 Å². The Morgan fingerprint density at radius 3 is 2.46 bits per heavy atom. The summed E-state index contributed by atoms with van der Waals surface area (Å²) in [5.74, 6) is 0.554. The van der Waals surface area contributed by atoms with Crippen molar-refractivity contribution in [1.82, 2.24) is 10.3 Å². The molecule has 3 rings (SSSR count). The minimum Gasteiger partial charge on any atom is -0.344 e. The molecule has 0 aliphatic heterocycles. The van der Waals surface area contributed by atoms with Crippen LogP contribution in [0.2, 0.25) is 0 Å². The minimum absolute atomic E-state index is 0.0557. The Bertz CT molecular complexity index is 811. The van der Waals surface area contributed by atoms with E-state index in [2.05, 4.69) is 54.5 Å². The summed E-state index contributed by atoms with van der Waals surface area (Å²) in [6.45, 7) is 4.37. The van der Waals surface area contributed by atoms with Gasteiger partial charge in [0.15, 0.2) is 0 Å². The van der Waals surface area contributed by atoms with E-state index in [9.17, 15) is 4.79 Å². The molecule has 3 nitrogen and oxygen atoms in total. The van der Waals surface area contributed by atoms with Crippen molar-refractivity contribution >= 4 is 17.2 Å². The Morgan fingerprint density at radius 1 is 1.08 bits per heavy atom. The van der Waals surface area contributed by atoms with Gasteiger partial charge < -0.3 is 5.32 Å². The molecule has 1 aromatic carbocycles. The van der Waals surface area contributed by atoms with E-state index in [1.54, 1.807) is 17.5 Å². The lowest BCUT2D eigenvalue weighted by Gasteiger charge is -2.19. The zero-order chi connectivity index (χ0) is 18.4. The zero-order valence-electron chi connectivity index (χ0n) is 15.2. The van der Waals surface area contributed by atoms with E-state index in [1.165, 1.54) is 5.56 Å². The molecular weight excluding hydrogens is 340 g/mol. The highest BCUT2D eigenvalue weighted by molar-refractivity contribution is 7.10. The molecule has 134 valence electrons. The molecule has 4 heteroatoms. The third-order valence-corrected chi connectivity index (χ3v) is 5.37. The van der Waals surface area contributed by atoms with E-state index in [4.69, 9.17) is 0 Å². The second-order valence-corrected chi connectivity index (χ2v) is 7.68. The minimum atomic E-state index is -0.0994. The summed E-state index contributed by atoms with van der Waals surface area (Å²) in [6.07, 6.45) is 4.71. The van der Waals surface area contributed by atoms with Crippen LogP contribution in [0.4, 0.5) is 0 Å². The van der Waals surface area contributed by atoms with Crippen molar-refractivity contribution in [3.05, 3.63) is 87.9 Å². The molecular formula is C22H24N2OS. The molecule has 1 unspecified atom stereocenters. The summed E-state index contributed by atoms with van der Waals surface area (Å²) in [7, 11) is 0. The van der Waals surface area contributed by atoms with Crippen molar-refractivity contribution in [2.24, 2.45) is 0 Å². The van der Waals surface area contributed by atoms with Gasteiger partial charge in [-0.1, -0.05) is 50.2 Å². The third kappa shape index (κ3) is 4.79. The Morgan fingerprint density at radius 2 is 1.85 bits per heavy atom. The van der Waals surface area contributed by atoms with Crippen molar-refractivity contribution in [3.8, 4) is 0 Å². The lowest BCUT2D eigenvalue weighted by atomic mass is 9.98. The first-order chi connectivity index (χ1) is 12.6. The van der Waals surface area contributed by atoms with Crippen molar-refractivity contribution in [3.63, 3.8) is 0 Å². The summed E-state index contributed by atoms with van der Waals surface area (Å²) in [5.41, 5.74) is 3.50. The summed E-state index contributed by atoms with van der Waals surface area (Å²) in [6, 6.07) is 16.5. The van der Waals surface area contributed by atoms with Crippen LogP contribution >= 0.6 is 11.3 Å². The van der Waals surface area contributed by atoms with Crippen molar-refractivity contribution < 1.29 is 4.79 Å². The number of carbonyl (C=O) groups is 1. The number of benzene rings is 1. The van der Waals surface area contributed by atoms with Crippen LogP contribution < -0.4 is 5.32 Å². The van der Waals surface area contributed by atoms with E-state index in [0.29, 0.717) is 18.8 Å². The van der Waals surface area contributed by atoms with Gasteiger partial charge in [-0.15, -0.1) is 11.3 Å². The number of aryl methyl sites for hydroxylation is 1. The van der Waals surface area contributed by atoms with Crippen LogP contribution in [-0.4, -0.2) is 10.9 Å². The number of rotatable bonds is 7. The average Bonchev–Trinajstić information content (AvgIpc) is 3.20. The van der Waals surface area contributed by atoms with Gasteiger partial charge in [0.25, 0.3) is 0 Å². The van der Waals surface area contributed by atoms with Gasteiger partial charge in [0.05, 0.1) is 6.04 Å². The number of amides is 1. The van der Waals surface area contributed by atoms with Gasteiger partial charge in [0.1, 0.15) is 0 Å². The van der Waals surface area contributed by atoms with Crippen LogP contribution in [0.3, 0.4) is 0 Å². The highest BCUT2D eigenvalue weighted by Crippen LogP contribution is 2.27. The molecule has 0 spiro atoms. The lowest BCUT2D eigenvalue weighted by Crippen LogP contribution is -2.29. The first kappa shape index (κ1) is 18.3. The number of thiophene rings is 1. The second-order valence-electron chi connectivity index (χ2n) is 6.70. The topological polar surface area (TPSA) is 42.0 Å². The number of aromatic nitrogens is 1. The van der Waals surface area contributed by atoms with Crippen LogP contribution in [0.5, 0.6) is 0 Å².